The van der Waals surface area contributed by atoms with Gasteiger partial charge >= 0.3 is 0 Å². The third-order valence-electron chi connectivity index (χ3n) is 4.29. The van der Waals surface area contributed by atoms with Gasteiger partial charge in [0.2, 0.25) is 0 Å². The summed E-state index contributed by atoms with van der Waals surface area (Å²) in [4.78, 5) is 4.66. The highest BCUT2D eigenvalue weighted by atomic mass is 15.1. The van der Waals surface area contributed by atoms with Gasteiger partial charge in [-0.2, -0.15) is 5.10 Å². The normalized spacial score (nSPS) is 11.2. The number of pyridine rings is 1. The Hall–Kier alpha value is -2.88. The fraction of sp³-hybridized carbons (Fsp3) is 0.200. The van der Waals surface area contributed by atoms with Crippen LogP contribution in [0.4, 0.5) is 11.4 Å². The van der Waals surface area contributed by atoms with Crippen molar-refractivity contribution in [1.82, 2.24) is 15.2 Å². The van der Waals surface area contributed by atoms with Crippen LogP contribution in [0.15, 0.2) is 48.7 Å². The predicted molar refractivity (Wildman–Crippen MR) is 99.9 cm³/mol. The van der Waals surface area contributed by atoms with Gasteiger partial charge in [0.05, 0.1) is 22.9 Å². The molecule has 2 heterocycles. The maximum absolute atomic E-state index is 4.66. The number of anilines is 2. The van der Waals surface area contributed by atoms with Gasteiger partial charge in [0, 0.05) is 22.2 Å². The molecule has 2 aromatic heterocycles. The second-order valence-corrected chi connectivity index (χ2v) is 6.18. The third-order valence-corrected chi connectivity index (χ3v) is 4.29. The van der Waals surface area contributed by atoms with Crippen LogP contribution < -0.4 is 5.32 Å². The average molecular weight is 316 g/mol. The van der Waals surface area contributed by atoms with E-state index in [1.807, 2.05) is 13.1 Å². The number of aryl methyl sites for hydroxylation is 2. The number of aromatic nitrogens is 3. The zero-order chi connectivity index (χ0) is 16.5. The number of fused-ring (bicyclic) bond motifs is 3. The first-order valence-electron chi connectivity index (χ1n) is 8.34. The molecule has 0 aliphatic carbocycles. The summed E-state index contributed by atoms with van der Waals surface area (Å²) in [6, 6.07) is 14.8. The van der Waals surface area contributed by atoms with Crippen LogP contribution in [0, 0.1) is 6.92 Å². The summed E-state index contributed by atoms with van der Waals surface area (Å²) in [5, 5.41) is 13.0. The summed E-state index contributed by atoms with van der Waals surface area (Å²) < 4.78 is 0. The van der Waals surface area contributed by atoms with Gasteiger partial charge in [0.25, 0.3) is 0 Å². The summed E-state index contributed by atoms with van der Waals surface area (Å²) >= 11 is 0. The van der Waals surface area contributed by atoms with E-state index in [9.17, 15) is 0 Å². The maximum Gasteiger partial charge on any atom is 0.0765 e. The van der Waals surface area contributed by atoms with Crippen molar-refractivity contribution in [2.45, 2.75) is 26.7 Å². The summed E-state index contributed by atoms with van der Waals surface area (Å²) in [7, 11) is 0. The average Bonchev–Trinajstić information content (AvgIpc) is 3.05. The van der Waals surface area contributed by atoms with Crippen LogP contribution in [-0.2, 0) is 6.42 Å². The highest BCUT2D eigenvalue weighted by Gasteiger charge is 2.10. The van der Waals surface area contributed by atoms with Crippen LogP contribution in [-0.4, -0.2) is 15.2 Å². The molecule has 0 saturated heterocycles. The van der Waals surface area contributed by atoms with Gasteiger partial charge in [-0.25, -0.2) is 0 Å². The molecule has 0 bridgehead atoms. The van der Waals surface area contributed by atoms with Crippen molar-refractivity contribution >= 4 is 33.2 Å². The minimum absolute atomic E-state index is 0.969. The number of rotatable bonds is 4. The molecule has 120 valence electrons. The molecule has 4 heteroatoms. The molecule has 0 radical (unpaired) electrons. The topological polar surface area (TPSA) is 53.6 Å². The van der Waals surface area contributed by atoms with Gasteiger partial charge < -0.3 is 5.32 Å². The first kappa shape index (κ1) is 14.7. The highest BCUT2D eigenvalue weighted by Crippen LogP contribution is 2.31. The van der Waals surface area contributed by atoms with E-state index in [2.05, 4.69) is 69.9 Å². The van der Waals surface area contributed by atoms with Crippen LogP contribution in [0.3, 0.4) is 0 Å². The van der Waals surface area contributed by atoms with Gasteiger partial charge in [-0.3, -0.25) is 10.1 Å². The molecular formula is C20H20N4. The highest BCUT2D eigenvalue weighted by molar-refractivity contribution is 6.10. The van der Waals surface area contributed by atoms with Crippen LogP contribution >= 0.6 is 0 Å². The van der Waals surface area contributed by atoms with Gasteiger partial charge in [-0.15, -0.1) is 0 Å². The lowest BCUT2D eigenvalue weighted by Gasteiger charge is -2.12. The summed E-state index contributed by atoms with van der Waals surface area (Å²) in [6.07, 6.45) is 4.13. The number of hydrogen-bond donors (Lipinski definition) is 2. The van der Waals surface area contributed by atoms with E-state index in [0.29, 0.717) is 0 Å². The molecule has 0 spiro atoms. The Morgan fingerprint density at radius 3 is 2.71 bits per heavy atom. The molecule has 0 saturated carbocycles. The maximum atomic E-state index is 4.66. The van der Waals surface area contributed by atoms with Crippen LogP contribution in [0.1, 0.15) is 24.6 Å². The molecule has 0 aliphatic heterocycles. The summed E-state index contributed by atoms with van der Waals surface area (Å²) in [6.45, 7) is 4.22. The molecule has 4 rings (SSSR count). The van der Waals surface area contributed by atoms with E-state index in [1.54, 1.807) is 0 Å². The second kappa shape index (κ2) is 5.96. The van der Waals surface area contributed by atoms with Gasteiger partial charge in [0.15, 0.2) is 0 Å². The zero-order valence-electron chi connectivity index (χ0n) is 13.9. The Balaban J connectivity index is 1.81. The first-order chi connectivity index (χ1) is 11.7. The molecule has 0 aliphatic rings. The zero-order valence-corrected chi connectivity index (χ0v) is 13.9. The van der Waals surface area contributed by atoms with Crippen molar-refractivity contribution in [2.24, 2.45) is 0 Å². The molecule has 0 amide bonds. The quantitative estimate of drug-likeness (QED) is 0.549. The van der Waals surface area contributed by atoms with E-state index in [4.69, 9.17) is 0 Å². The second-order valence-electron chi connectivity index (χ2n) is 6.18. The number of benzene rings is 2. The Morgan fingerprint density at radius 2 is 1.92 bits per heavy atom. The van der Waals surface area contributed by atoms with Crippen molar-refractivity contribution in [1.29, 1.82) is 0 Å². The Kier molecular flexibility index (Phi) is 3.65. The first-order valence-corrected chi connectivity index (χ1v) is 8.34. The van der Waals surface area contributed by atoms with E-state index < -0.39 is 0 Å². The number of nitrogens with one attached hydrogen (secondary N) is 2. The van der Waals surface area contributed by atoms with Gasteiger partial charge in [0.1, 0.15) is 0 Å². The number of hydrogen-bond acceptors (Lipinski definition) is 3. The van der Waals surface area contributed by atoms with Crippen LogP contribution in [0.5, 0.6) is 0 Å². The molecular weight excluding hydrogens is 296 g/mol. The fourth-order valence-corrected chi connectivity index (χ4v) is 3.17. The lowest BCUT2D eigenvalue weighted by atomic mass is 10.1. The van der Waals surface area contributed by atoms with Crippen LogP contribution in [0.25, 0.3) is 21.8 Å². The van der Waals surface area contributed by atoms with Gasteiger partial charge in [-0.05, 0) is 49.2 Å². The molecule has 0 fully saturated rings. The van der Waals surface area contributed by atoms with Crippen LogP contribution in [0.2, 0.25) is 0 Å². The molecule has 4 nitrogen and oxygen atoms in total. The smallest absolute Gasteiger partial charge is 0.0765 e. The third kappa shape index (κ3) is 2.60. The molecule has 0 unspecified atom stereocenters. The van der Waals surface area contributed by atoms with E-state index in [-0.39, 0.29) is 0 Å². The van der Waals surface area contributed by atoms with Crippen molar-refractivity contribution in [3.63, 3.8) is 0 Å². The van der Waals surface area contributed by atoms with E-state index >= 15 is 0 Å². The lowest BCUT2D eigenvalue weighted by molar-refractivity contribution is 0.922. The van der Waals surface area contributed by atoms with Crippen molar-refractivity contribution in [3.05, 3.63) is 59.9 Å². The minimum atomic E-state index is 0.969. The molecule has 2 N–H and O–H groups in total. The number of nitrogens with zero attached hydrogens (tertiary/aromatic N) is 2. The van der Waals surface area contributed by atoms with E-state index in [1.165, 1.54) is 12.0 Å². The Bertz CT molecular complexity index is 999. The van der Waals surface area contributed by atoms with Crippen molar-refractivity contribution < 1.29 is 0 Å². The van der Waals surface area contributed by atoms with Gasteiger partial charge in [-0.1, -0.05) is 25.5 Å². The van der Waals surface area contributed by atoms with Crippen molar-refractivity contribution in [2.75, 3.05) is 5.32 Å². The summed E-state index contributed by atoms with van der Waals surface area (Å²) in [5.74, 6) is 0. The standard InChI is InChI=1S/C20H20N4/c1-3-4-14-5-8-16(9-6-14)23-18-11-13(2)22-17-10-7-15-12-21-24-20(15)19(17)18/h5-12H,3-4H2,1-2H3,(H,21,24)(H,22,23). The molecule has 2 aromatic carbocycles. The van der Waals surface area contributed by atoms with E-state index in [0.717, 1.165) is 45.3 Å². The molecule has 24 heavy (non-hydrogen) atoms. The largest absolute Gasteiger partial charge is 0.355 e. The Labute approximate surface area is 140 Å². The molecule has 4 aromatic rings. The Morgan fingerprint density at radius 1 is 1.08 bits per heavy atom. The SMILES string of the molecule is CCCc1ccc(Nc2cc(C)nc3ccc4cn[nH]c4c23)cc1. The minimum Gasteiger partial charge on any atom is -0.355 e. The number of aromatic amines is 1. The fourth-order valence-electron chi connectivity index (χ4n) is 3.17. The number of H-pyrrole nitrogens is 1. The summed E-state index contributed by atoms with van der Waals surface area (Å²) in [5.41, 5.74) is 6.48. The molecule has 0 atom stereocenters. The predicted octanol–water partition coefficient (Wildman–Crippen LogP) is 5.12. The monoisotopic (exact) mass is 316 g/mol. The van der Waals surface area contributed by atoms with Crippen molar-refractivity contribution in [3.8, 4) is 0 Å². The lowest BCUT2D eigenvalue weighted by Crippen LogP contribution is -1.96.